The van der Waals surface area contributed by atoms with Crippen LogP contribution in [0.2, 0.25) is 0 Å². The average Bonchev–Trinajstić information content (AvgIpc) is 1.63. The van der Waals surface area contributed by atoms with E-state index in [1.54, 1.807) is 0 Å². The van der Waals surface area contributed by atoms with E-state index in [4.69, 9.17) is 15.9 Å². The maximum atomic E-state index is 9.85. The van der Waals surface area contributed by atoms with E-state index in [1.807, 2.05) is 0 Å². The van der Waals surface area contributed by atoms with E-state index in [-0.39, 0.29) is 62.3 Å². The Morgan fingerprint density at radius 2 is 1.58 bits per heavy atom. The number of carbonyl (C=O) groups is 2. The summed E-state index contributed by atoms with van der Waals surface area (Å²) >= 11 is 0. The maximum absolute atomic E-state index is 9.85. The van der Waals surface area contributed by atoms with E-state index in [0.29, 0.717) is 0 Å². The Balaban J connectivity index is -0.000000107. The van der Waals surface area contributed by atoms with Gasteiger partial charge in [0.1, 0.15) is 6.04 Å². The van der Waals surface area contributed by atoms with Crippen molar-refractivity contribution in [1.29, 1.82) is 0 Å². The van der Waals surface area contributed by atoms with E-state index >= 15 is 0 Å². The van der Waals surface area contributed by atoms with Crippen molar-refractivity contribution in [1.82, 2.24) is 0 Å². The molecule has 0 spiro atoms. The van der Waals surface area contributed by atoms with Crippen molar-refractivity contribution in [3.63, 3.8) is 0 Å². The molecule has 0 aromatic heterocycles. The molecule has 0 amide bonds. The van der Waals surface area contributed by atoms with Gasteiger partial charge in [-0.2, -0.15) is 0 Å². The third kappa shape index (κ3) is 13.1. The Kier molecular flexibility index (Phi) is 21.8. The first-order valence-electron chi connectivity index (χ1n) is 2.24. The third-order valence-electron chi connectivity index (χ3n) is 0.712. The summed E-state index contributed by atoms with van der Waals surface area (Å²) in [6, 6.07) is -1.29. The zero-order valence-corrected chi connectivity index (χ0v) is 5.57. The summed E-state index contributed by atoms with van der Waals surface area (Å²) < 4.78 is 0. The SMILES string of the molecule is NC(CC(=O)O)C(=O)O.O.O.[KH]. The van der Waals surface area contributed by atoms with Crippen molar-refractivity contribution in [2.45, 2.75) is 12.5 Å². The van der Waals surface area contributed by atoms with Gasteiger partial charge in [0.15, 0.2) is 0 Å². The second-order valence-corrected chi connectivity index (χ2v) is 1.54. The number of rotatable bonds is 3. The van der Waals surface area contributed by atoms with Crippen molar-refractivity contribution in [2.75, 3.05) is 0 Å². The van der Waals surface area contributed by atoms with Crippen LogP contribution in [-0.2, 0) is 9.59 Å². The molecule has 0 fully saturated rings. The first-order chi connectivity index (χ1) is 4.04. The summed E-state index contributed by atoms with van der Waals surface area (Å²) in [6.07, 6.45) is -0.532. The van der Waals surface area contributed by atoms with Gasteiger partial charge in [-0.1, -0.05) is 0 Å². The Morgan fingerprint density at radius 1 is 1.25 bits per heavy atom. The van der Waals surface area contributed by atoms with Crippen LogP contribution in [0.3, 0.4) is 0 Å². The Bertz CT molecular complexity index is 140. The molecule has 12 heavy (non-hydrogen) atoms. The molecule has 0 saturated heterocycles. The van der Waals surface area contributed by atoms with Crippen LogP contribution in [0.1, 0.15) is 6.42 Å². The molecule has 0 aromatic rings. The Hall–Kier alpha value is 0.456. The molecule has 0 saturated carbocycles. The first kappa shape index (κ1) is 22.9. The first-order valence-corrected chi connectivity index (χ1v) is 2.24. The van der Waals surface area contributed by atoms with Crippen molar-refractivity contribution in [3.05, 3.63) is 0 Å². The molecule has 8 heteroatoms. The fourth-order valence-electron chi connectivity index (χ4n) is 0.275. The van der Waals surface area contributed by atoms with Crippen molar-refractivity contribution in [2.24, 2.45) is 5.73 Å². The second kappa shape index (κ2) is 11.5. The molecule has 8 N–H and O–H groups in total. The summed E-state index contributed by atoms with van der Waals surface area (Å²) in [6.45, 7) is 0. The van der Waals surface area contributed by atoms with Gasteiger partial charge in [-0.25, -0.2) is 0 Å². The van der Waals surface area contributed by atoms with Crippen LogP contribution < -0.4 is 5.73 Å². The summed E-state index contributed by atoms with van der Waals surface area (Å²) in [4.78, 5) is 19.6. The van der Waals surface area contributed by atoms with Gasteiger partial charge in [-0.15, -0.1) is 0 Å². The quantitative estimate of drug-likeness (QED) is 0.411. The molecule has 7 nitrogen and oxygen atoms in total. The minimum absolute atomic E-state index is 0. The van der Waals surface area contributed by atoms with Gasteiger partial charge in [0.25, 0.3) is 0 Å². The predicted octanol–water partition coefficient (Wildman–Crippen LogP) is -3.42. The molecule has 0 aliphatic heterocycles. The molecule has 0 aromatic carbocycles. The number of hydrogen-bond acceptors (Lipinski definition) is 3. The van der Waals surface area contributed by atoms with Crippen LogP contribution in [0.5, 0.6) is 0 Å². The van der Waals surface area contributed by atoms with Crippen molar-refractivity contribution in [3.8, 4) is 0 Å². The van der Waals surface area contributed by atoms with Gasteiger partial charge >= 0.3 is 63.3 Å². The van der Waals surface area contributed by atoms with Crippen LogP contribution in [0.4, 0.5) is 0 Å². The fourth-order valence-corrected chi connectivity index (χ4v) is 0.275. The zero-order valence-electron chi connectivity index (χ0n) is 5.57. The molecule has 0 aliphatic rings. The molecule has 0 bridgehead atoms. The molecule has 70 valence electrons. The number of nitrogens with two attached hydrogens (primary N) is 1. The standard InChI is InChI=1S/C4H7NO4.K.2H2O.H/c5-2(4(8)9)1-3(6)7;;;;/h2H,1,5H2,(H,6,7)(H,8,9);;2*1H2;. The predicted molar refractivity (Wildman–Crippen MR) is 42.2 cm³/mol. The van der Waals surface area contributed by atoms with Crippen LogP contribution in [0.15, 0.2) is 0 Å². The van der Waals surface area contributed by atoms with Crippen molar-refractivity contribution < 1.29 is 30.8 Å². The minimum atomic E-state index is -1.29. The molecule has 1 atom stereocenters. The summed E-state index contributed by atoms with van der Waals surface area (Å²) in [5.74, 6) is -2.50. The van der Waals surface area contributed by atoms with E-state index in [9.17, 15) is 9.59 Å². The van der Waals surface area contributed by atoms with E-state index < -0.39 is 24.4 Å². The average molecular weight is 209 g/mol. The number of hydrogen-bond donors (Lipinski definition) is 3. The van der Waals surface area contributed by atoms with Crippen LogP contribution in [-0.4, -0.2) is 90.5 Å². The van der Waals surface area contributed by atoms with Gasteiger partial charge in [0.05, 0.1) is 6.42 Å². The molecular weight excluding hydrogens is 197 g/mol. The normalized spacial score (nSPS) is 9.42. The monoisotopic (exact) mass is 209 g/mol. The van der Waals surface area contributed by atoms with E-state index in [1.165, 1.54) is 0 Å². The van der Waals surface area contributed by atoms with Crippen LogP contribution in [0.25, 0.3) is 0 Å². The topological polar surface area (TPSA) is 164 Å². The third-order valence-corrected chi connectivity index (χ3v) is 0.712. The van der Waals surface area contributed by atoms with Gasteiger partial charge in [-0.3, -0.25) is 9.59 Å². The van der Waals surface area contributed by atoms with E-state index in [2.05, 4.69) is 0 Å². The summed E-state index contributed by atoms with van der Waals surface area (Å²) in [7, 11) is 0. The zero-order chi connectivity index (χ0) is 7.44. The van der Waals surface area contributed by atoms with Gasteiger partial charge in [0.2, 0.25) is 0 Å². The molecule has 0 rings (SSSR count). The molecule has 0 aliphatic carbocycles. The fraction of sp³-hybridized carbons (Fsp3) is 0.500. The summed E-state index contributed by atoms with van der Waals surface area (Å²) in [5, 5.41) is 16.0. The molecule has 0 heterocycles. The molecule has 0 radical (unpaired) electrons. The Labute approximate surface area is 111 Å². The number of aliphatic carboxylic acids is 2. The van der Waals surface area contributed by atoms with Crippen LogP contribution in [0, 0.1) is 0 Å². The number of carboxylic acid groups (broad SMARTS) is 2. The molecular formula is C4H12KNO6. The number of carboxylic acids is 2. The van der Waals surface area contributed by atoms with E-state index in [0.717, 1.165) is 0 Å². The molecule has 1 unspecified atom stereocenters. The summed E-state index contributed by atoms with van der Waals surface area (Å²) in [5.41, 5.74) is 4.84. The second-order valence-electron chi connectivity index (χ2n) is 1.54. The van der Waals surface area contributed by atoms with Gasteiger partial charge in [-0.05, 0) is 0 Å². The van der Waals surface area contributed by atoms with Gasteiger partial charge in [0, 0.05) is 0 Å². The van der Waals surface area contributed by atoms with Gasteiger partial charge < -0.3 is 26.9 Å². The van der Waals surface area contributed by atoms with Crippen molar-refractivity contribution >= 4 is 63.3 Å². The Morgan fingerprint density at radius 3 is 1.67 bits per heavy atom. The van der Waals surface area contributed by atoms with Crippen LogP contribution >= 0.6 is 0 Å².